The molecule has 1 unspecified atom stereocenters. The van der Waals surface area contributed by atoms with Crippen LogP contribution in [-0.2, 0) is 26.2 Å². The second kappa shape index (κ2) is 10.6. The van der Waals surface area contributed by atoms with Gasteiger partial charge in [-0.15, -0.1) is 0 Å². The second-order valence-corrected chi connectivity index (χ2v) is 9.60. The van der Waals surface area contributed by atoms with Gasteiger partial charge in [0.2, 0.25) is 21.8 Å². The van der Waals surface area contributed by atoms with Crippen molar-refractivity contribution in [3.63, 3.8) is 0 Å². The largest absolute Gasteiger partial charge is 0.497 e. The predicted molar refractivity (Wildman–Crippen MR) is 118 cm³/mol. The normalized spacial score (nSPS) is 16.2. The van der Waals surface area contributed by atoms with E-state index in [-0.39, 0.29) is 35.7 Å². The number of nitrogens with zero attached hydrogens (tertiary/aromatic N) is 2. The molecule has 3 rings (SSSR count). The van der Waals surface area contributed by atoms with Crippen molar-refractivity contribution < 1.29 is 22.7 Å². The highest BCUT2D eigenvalue weighted by molar-refractivity contribution is 7.89. The van der Waals surface area contributed by atoms with Gasteiger partial charge in [0.05, 0.1) is 12.0 Å². The fourth-order valence-corrected chi connectivity index (χ4v) is 4.97. The van der Waals surface area contributed by atoms with E-state index >= 15 is 0 Å². The van der Waals surface area contributed by atoms with Gasteiger partial charge in [0, 0.05) is 37.9 Å². The zero-order chi connectivity index (χ0) is 23.1. The van der Waals surface area contributed by atoms with E-state index in [0.29, 0.717) is 25.1 Å². The highest BCUT2D eigenvalue weighted by atomic mass is 32.2. The number of methoxy groups -OCH3 is 1. The van der Waals surface area contributed by atoms with Gasteiger partial charge in [-0.3, -0.25) is 14.6 Å². The molecular weight excluding hydrogens is 432 g/mol. The van der Waals surface area contributed by atoms with Gasteiger partial charge in [0.15, 0.2) is 0 Å². The van der Waals surface area contributed by atoms with Crippen molar-refractivity contribution in [3.05, 3.63) is 54.4 Å². The van der Waals surface area contributed by atoms with Crippen LogP contribution in [-0.4, -0.2) is 55.8 Å². The number of amides is 2. The number of carbonyl (C=O) groups is 2. The summed E-state index contributed by atoms with van der Waals surface area (Å²) in [6.45, 7) is 2.44. The summed E-state index contributed by atoms with van der Waals surface area (Å²) in [5, 5.41) is 5.51. The molecule has 2 amide bonds. The Kier molecular flexibility index (Phi) is 7.81. The topological polar surface area (TPSA) is 118 Å². The van der Waals surface area contributed by atoms with Crippen LogP contribution in [0.15, 0.2) is 53.7 Å². The van der Waals surface area contributed by atoms with E-state index in [2.05, 4.69) is 15.6 Å². The van der Waals surface area contributed by atoms with E-state index in [4.69, 9.17) is 4.74 Å². The Labute approximate surface area is 188 Å². The summed E-state index contributed by atoms with van der Waals surface area (Å²) in [5.41, 5.74) is 0.866. The average molecular weight is 461 g/mol. The summed E-state index contributed by atoms with van der Waals surface area (Å²) in [6.07, 6.45) is 4.11. The maximum absolute atomic E-state index is 12.8. The van der Waals surface area contributed by atoms with Gasteiger partial charge in [-0.05, 0) is 55.7 Å². The quantitative estimate of drug-likeness (QED) is 0.613. The van der Waals surface area contributed by atoms with Crippen molar-refractivity contribution in [1.82, 2.24) is 19.9 Å². The molecule has 1 saturated heterocycles. The average Bonchev–Trinajstić information content (AvgIpc) is 2.83. The van der Waals surface area contributed by atoms with E-state index in [1.54, 1.807) is 37.5 Å². The summed E-state index contributed by atoms with van der Waals surface area (Å²) in [7, 11) is -2.11. The first-order chi connectivity index (χ1) is 15.3. The lowest BCUT2D eigenvalue weighted by molar-refractivity contribution is -0.131. The molecule has 9 nitrogen and oxygen atoms in total. The number of hydrogen-bond donors (Lipinski definition) is 2. The van der Waals surface area contributed by atoms with Crippen molar-refractivity contribution in [3.8, 4) is 5.75 Å². The minimum absolute atomic E-state index is 0.195. The third kappa shape index (κ3) is 5.83. The first kappa shape index (κ1) is 23.7. The Hall–Kier alpha value is -2.98. The second-order valence-electron chi connectivity index (χ2n) is 7.66. The van der Waals surface area contributed by atoms with Crippen LogP contribution in [0, 0.1) is 5.92 Å². The molecule has 10 heteroatoms. The number of sulfonamides is 1. The lowest BCUT2D eigenvalue weighted by Gasteiger charge is -2.31. The zero-order valence-corrected chi connectivity index (χ0v) is 19.0. The molecule has 0 saturated carbocycles. The molecule has 1 aromatic carbocycles. The molecule has 1 atom stereocenters. The molecule has 1 aliphatic rings. The molecule has 2 heterocycles. The van der Waals surface area contributed by atoms with Gasteiger partial charge in [-0.2, -0.15) is 4.31 Å². The maximum Gasteiger partial charge on any atom is 0.243 e. The summed E-state index contributed by atoms with van der Waals surface area (Å²) < 4.78 is 32.2. The van der Waals surface area contributed by atoms with Crippen LogP contribution in [0.4, 0.5) is 0 Å². The van der Waals surface area contributed by atoms with Crippen molar-refractivity contribution in [1.29, 1.82) is 0 Å². The van der Waals surface area contributed by atoms with Gasteiger partial charge in [0.25, 0.3) is 0 Å². The number of piperidine rings is 1. The minimum Gasteiger partial charge on any atom is -0.497 e. The molecule has 0 aliphatic carbocycles. The fraction of sp³-hybridized carbons (Fsp3) is 0.409. The van der Waals surface area contributed by atoms with Crippen LogP contribution in [0.2, 0.25) is 0 Å². The van der Waals surface area contributed by atoms with Crippen molar-refractivity contribution >= 4 is 21.8 Å². The Morgan fingerprint density at radius 2 is 1.88 bits per heavy atom. The van der Waals surface area contributed by atoms with Crippen LogP contribution >= 0.6 is 0 Å². The molecule has 32 heavy (non-hydrogen) atoms. The standard InChI is InChI=1S/C22H28N4O5S/c1-16(21(27)24-15-17-4-3-11-23-14-17)25-22(28)18-9-12-26(13-10-18)32(29,30)20-7-5-19(31-2)6-8-20/h3-8,11,14,16,18H,9-10,12-13,15H2,1-2H3,(H,24,27)(H,25,28). The number of hydrogen-bond acceptors (Lipinski definition) is 6. The summed E-state index contributed by atoms with van der Waals surface area (Å²) in [5.74, 6) is -0.291. The van der Waals surface area contributed by atoms with Gasteiger partial charge >= 0.3 is 0 Å². The zero-order valence-electron chi connectivity index (χ0n) is 18.2. The first-order valence-corrected chi connectivity index (χ1v) is 11.9. The smallest absolute Gasteiger partial charge is 0.243 e. The Morgan fingerprint density at radius 1 is 1.19 bits per heavy atom. The lowest BCUT2D eigenvalue weighted by Crippen LogP contribution is -2.49. The predicted octanol–water partition coefficient (Wildman–Crippen LogP) is 1.31. The van der Waals surface area contributed by atoms with E-state index in [9.17, 15) is 18.0 Å². The molecule has 2 N–H and O–H groups in total. The molecule has 0 radical (unpaired) electrons. The number of ether oxygens (including phenoxy) is 1. The fourth-order valence-electron chi connectivity index (χ4n) is 3.50. The SMILES string of the molecule is COc1ccc(S(=O)(=O)N2CCC(C(=O)NC(C)C(=O)NCc3cccnc3)CC2)cc1. The van der Waals surface area contributed by atoms with Crippen LogP contribution in [0.3, 0.4) is 0 Å². The molecule has 1 fully saturated rings. The van der Waals surface area contributed by atoms with E-state index in [1.807, 2.05) is 6.07 Å². The summed E-state index contributed by atoms with van der Waals surface area (Å²) in [4.78, 5) is 29.1. The maximum atomic E-state index is 12.8. The van der Waals surface area contributed by atoms with Crippen LogP contribution < -0.4 is 15.4 Å². The summed E-state index contributed by atoms with van der Waals surface area (Å²) in [6, 6.07) is 9.18. The summed E-state index contributed by atoms with van der Waals surface area (Å²) >= 11 is 0. The van der Waals surface area contributed by atoms with Gasteiger partial charge in [-0.1, -0.05) is 6.07 Å². The Morgan fingerprint density at radius 3 is 2.47 bits per heavy atom. The number of aromatic nitrogens is 1. The molecule has 0 spiro atoms. The monoisotopic (exact) mass is 460 g/mol. The highest BCUT2D eigenvalue weighted by Crippen LogP contribution is 2.25. The number of pyridine rings is 1. The van der Waals surface area contributed by atoms with Crippen LogP contribution in [0.1, 0.15) is 25.3 Å². The number of rotatable bonds is 8. The third-order valence-corrected chi connectivity index (χ3v) is 7.38. The molecule has 172 valence electrons. The molecule has 2 aromatic rings. The van der Waals surface area contributed by atoms with Crippen molar-refractivity contribution in [2.45, 2.75) is 37.2 Å². The first-order valence-electron chi connectivity index (χ1n) is 10.4. The number of benzene rings is 1. The number of nitrogens with one attached hydrogen (secondary N) is 2. The van der Waals surface area contributed by atoms with Gasteiger partial charge in [0.1, 0.15) is 11.8 Å². The molecule has 1 aliphatic heterocycles. The Bertz CT molecular complexity index is 1020. The van der Waals surface area contributed by atoms with E-state index < -0.39 is 16.1 Å². The third-order valence-electron chi connectivity index (χ3n) is 5.46. The van der Waals surface area contributed by atoms with Crippen molar-refractivity contribution in [2.24, 2.45) is 5.92 Å². The molecule has 0 bridgehead atoms. The minimum atomic E-state index is -3.63. The van der Waals surface area contributed by atoms with Crippen molar-refractivity contribution in [2.75, 3.05) is 20.2 Å². The Balaban J connectivity index is 1.48. The van der Waals surface area contributed by atoms with Gasteiger partial charge < -0.3 is 15.4 Å². The lowest BCUT2D eigenvalue weighted by atomic mass is 9.97. The van der Waals surface area contributed by atoms with E-state index in [1.165, 1.54) is 23.5 Å². The molecule has 1 aromatic heterocycles. The van der Waals surface area contributed by atoms with Crippen LogP contribution in [0.25, 0.3) is 0 Å². The number of carbonyl (C=O) groups excluding carboxylic acids is 2. The highest BCUT2D eigenvalue weighted by Gasteiger charge is 2.32. The van der Waals surface area contributed by atoms with E-state index in [0.717, 1.165) is 5.56 Å². The van der Waals surface area contributed by atoms with Crippen LogP contribution in [0.5, 0.6) is 5.75 Å². The van der Waals surface area contributed by atoms with Gasteiger partial charge in [-0.25, -0.2) is 8.42 Å². The molecular formula is C22H28N4O5S.